The predicted molar refractivity (Wildman–Crippen MR) is 67.9 cm³/mol. The summed E-state index contributed by atoms with van der Waals surface area (Å²) in [5.74, 6) is 1.23. The summed E-state index contributed by atoms with van der Waals surface area (Å²) in [6.45, 7) is 3.95. The van der Waals surface area contributed by atoms with E-state index in [0.717, 1.165) is 5.56 Å². The largest absolute Gasteiger partial charge is 0.493 e. The highest BCUT2D eigenvalue weighted by Gasteiger charge is 2.11. The van der Waals surface area contributed by atoms with E-state index in [1.807, 2.05) is 6.92 Å². The minimum absolute atomic E-state index is 0.348. The van der Waals surface area contributed by atoms with Gasteiger partial charge in [0.15, 0.2) is 11.5 Å². The quantitative estimate of drug-likeness (QED) is 0.763. The van der Waals surface area contributed by atoms with Crippen LogP contribution in [-0.2, 0) is 11.3 Å². The second kappa shape index (κ2) is 7.37. The topological polar surface area (TPSA) is 53.7 Å². The first kappa shape index (κ1) is 14.1. The highest BCUT2D eigenvalue weighted by atomic mass is 35.5. The first-order valence-electron chi connectivity index (χ1n) is 5.50. The van der Waals surface area contributed by atoms with Crippen LogP contribution >= 0.6 is 11.6 Å². The molecule has 0 amide bonds. The maximum Gasteiger partial charge on any atom is 0.165 e. The van der Waals surface area contributed by atoms with Crippen LogP contribution in [0.2, 0.25) is 5.02 Å². The van der Waals surface area contributed by atoms with Crippen LogP contribution in [0.3, 0.4) is 0 Å². The van der Waals surface area contributed by atoms with Gasteiger partial charge in [0.05, 0.1) is 13.7 Å². The molecule has 1 aromatic carbocycles. The fourth-order valence-electron chi connectivity index (χ4n) is 1.44. The summed E-state index contributed by atoms with van der Waals surface area (Å²) >= 11 is 5.95. The van der Waals surface area contributed by atoms with Crippen LogP contribution in [0.4, 0.5) is 0 Å². The highest BCUT2D eigenvalue weighted by Crippen LogP contribution is 2.34. The lowest BCUT2D eigenvalue weighted by molar-refractivity contribution is 0.108. The van der Waals surface area contributed by atoms with Gasteiger partial charge in [0.2, 0.25) is 0 Å². The average Bonchev–Trinajstić information content (AvgIpc) is 2.35. The molecule has 17 heavy (non-hydrogen) atoms. The first-order chi connectivity index (χ1) is 8.22. The molecule has 0 radical (unpaired) electrons. The normalized spacial score (nSPS) is 10.4. The van der Waals surface area contributed by atoms with Crippen molar-refractivity contribution in [1.29, 1.82) is 0 Å². The average molecular weight is 260 g/mol. The number of nitrogens with two attached hydrogens (primary N) is 1. The van der Waals surface area contributed by atoms with Gasteiger partial charge in [-0.1, -0.05) is 11.6 Å². The predicted octanol–water partition coefficient (Wildman–Crippen LogP) is 2.22. The van der Waals surface area contributed by atoms with E-state index in [-0.39, 0.29) is 0 Å². The Morgan fingerprint density at radius 1 is 1.29 bits per heavy atom. The second-order valence-corrected chi connectivity index (χ2v) is 3.78. The van der Waals surface area contributed by atoms with Gasteiger partial charge in [-0.15, -0.1) is 0 Å². The first-order valence-corrected chi connectivity index (χ1v) is 5.87. The van der Waals surface area contributed by atoms with E-state index in [1.165, 1.54) is 0 Å². The van der Waals surface area contributed by atoms with Crippen LogP contribution in [0.1, 0.15) is 12.5 Å². The number of benzene rings is 1. The third-order valence-corrected chi connectivity index (χ3v) is 2.43. The van der Waals surface area contributed by atoms with Crippen LogP contribution in [0.15, 0.2) is 12.1 Å². The van der Waals surface area contributed by atoms with Crippen molar-refractivity contribution in [3.63, 3.8) is 0 Å². The van der Waals surface area contributed by atoms with Crippen LogP contribution < -0.4 is 15.2 Å². The monoisotopic (exact) mass is 259 g/mol. The van der Waals surface area contributed by atoms with E-state index in [1.54, 1.807) is 19.2 Å². The van der Waals surface area contributed by atoms with Crippen molar-refractivity contribution in [2.24, 2.45) is 5.73 Å². The molecule has 0 aliphatic carbocycles. The molecule has 96 valence electrons. The van der Waals surface area contributed by atoms with Crippen LogP contribution in [0, 0.1) is 0 Å². The lowest BCUT2D eigenvalue weighted by Gasteiger charge is -2.14. The second-order valence-electron chi connectivity index (χ2n) is 3.35. The minimum atomic E-state index is 0.348. The molecule has 0 spiro atoms. The number of rotatable bonds is 7. The molecule has 0 aliphatic heterocycles. The molecule has 0 saturated carbocycles. The zero-order valence-corrected chi connectivity index (χ0v) is 10.9. The Kier molecular flexibility index (Phi) is 6.11. The molecule has 0 aliphatic rings. The van der Waals surface area contributed by atoms with Gasteiger partial charge in [-0.05, 0) is 13.0 Å². The van der Waals surface area contributed by atoms with Gasteiger partial charge in [0.25, 0.3) is 0 Å². The Morgan fingerprint density at radius 3 is 2.65 bits per heavy atom. The van der Waals surface area contributed by atoms with E-state index in [9.17, 15) is 0 Å². The molecule has 0 saturated heterocycles. The van der Waals surface area contributed by atoms with Crippen LogP contribution in [0.25, 0.3) is 0 Å². The molecule has 0 atom stereocenters. The Morgan fingerprint density at radius 2 is 2.06 bits per heavy atom. The zero-order chi connectivity index (χ0) is 12.7. The Labute approximate surface area is 107 Å². The molecular formula is C12H18ClNO3. The molecule has 4 nitrogen and oxygen atoms in total. The van der Waals surface area contributed by atoms with Gasteiger partial charge in [-0.2, -0.15) is 0 Å². The van der Waals surface area contributed by atoms with E-state index >= 15 is 0 Å². The molecule has 0 bridgehead atoms. The highest BCUT2D eigenvalue weighted by molar-refractivity contribution is 6.30. The Hall–Kier alpha value is -0.970. The Balaban J connectivity index is 2.79. The number of hydrogen-bond donors (Lipinski definition) is 1. The maximum atomic E-state index is 5.95. The van der Waals surface area contributed by atoms with Gasteiger partial charge in [-0.25, -0.2) is 0 Å². The summed E-state index contributed by atoms with van der Waals surface area (Å²) in [5.41, 5.74) is 6.47. The number of hydrogen-bond acceptors (Lipinski definition) is 4. The summed E-state index contributed by atoms with van der Waals surface area (Å²) < 4.78 is 16.0. The van der Waals surface area contributed by atoms with Gasteiger partial charge in [0, 0.05) is 29.8 Å². The lowest BCUT2D eigenvalue weighted by Crippen LogP contribution is -2.10. The third kappa shape index (κ3) is 4.07. The van der Waals surface area contributed by atoms with Crippen LogP contribution in [0.5, 0.6) is 11.5 Å². The Bertz CT molecular complexity index is 333. The van der Waals surface area contributed by atoms with E-state index < -0.39 is 0 Å². The molecule has 1 aromatic rings. The molecular weight excluding hydrogens is 242 g/mol. The number of halogens is 1. The minimum Gasteiger partial charge on any atom is -0.493 e. The smallest absolute Gasteiger partial charge is 0.165 e. The van der Waals surface area contributed by atoms with Crippen molar-refractivity contribution in [3.05, 3.63) is 22.7 Å². The van der Waals surface area contributed by atoms with E-state index in [4.69, 9.17) is 31.5 Å². The fourth-order valence-corrected chi connectivity index (χ4v) is 1.67. The molecule has 0 heterocycles. The van der Waals surface area contributed by atoms with Crippen molar-refractivity contribution >= 4 is 11.6 Å². The number of ether oxygens (including phenoxy) is 3. The molecule has 5 heteroatoms. The lowest BCUT2D eigenvalue weighted by atomic mass is 10.2. The number of methoxy groups -OCH3 is 1. The summed E-state index contributed by atoms with van der Waals surface area (Å²) in [6.07, 6.45) is 0. The summed E-state index contributed by atoms with van der Waals surface area (Å²) in [4.78, 5) is 0. The molecule has 0 unspecified atom stereocenters. The summed E-state index contributed by atoms with van der Waals surface area (Å²) in [5, 5.41) is 0.583. The SMILES string of the molecule is CCOCCOc1c(CN)cc(Cl)cc1OC. The van der Waals surface area contributed by atoms with Gasteiger partial charge < -0.3 is 19.9 Å². The van der Waals surface area contributed by atoms with Crippen molar-refractivity contribution in [3.8, 4) is 11.5 Å². The van der Waals surface area contributed by atoms with Crippen molar-refractivity contribution in [1.82, 2.24) is 0 Å². The van der Waals surface area contributed by atoms with Crippen molar-refractivity contribution < 1.29 is 14.2 Å². The molecule has 1 rings (SSSR count). The van der Waals surface area contributed by atoms with Crippen molar-refractivity contribution in [2.45, 2.75) is 13.5 Å². The fraction of sp³-hybridized carbons (Fsp3) is 0.500. The van der Waals surface area contributed by atoms with Crippen molar-refractivity contribution in [2.75, 3.05) is 26.9 Å². The van der Waals surface area contributed by atoms with E-state index in [0.29, 0.717) is 42.9 Å². The maximum absolute atomic E-state index is 5.95. The van der Waals surface area contributed by atoms with E-state index in [2.05, 4.69) is 0 Å². The molecule has 0 aromatic heterocycles. The summed E-state index contributed by atoms with van der Waals surface area (Å²) in [6, 6.07) is 3.48. The molecule has 0 fully saturated rings. The van der Waals surface area contributed by atoms with Gasteiger partial charge in [-0.3, -0.25) is 0 Å². The summed E-state index contributed by atoms with van der Waals surface area (Å²) in [7, 11) is 1.57. The standard InChI is InChI=1S/C12H18ClNO3/c1-3-16-4-5-17-12-9(8-14)6-10(13)7-11(12)15-2/h6-7H,3-5,8,14H2,1-2H3. The van der Waals surface area contributed by atoms with Crippen LogP contribution in [-0.4, -0.2) is 26.9 Å². The third-order valence-electron chi connectivity index (χ3n) is 2.21. The zero-order valence-electron chi connectivity index (χ0n) is 10.2. The van der Waals surface area contributed by atoms with Gasteiger partial charge >= 0.3 is 0 Å². The van der Waals surface area contributed by atoms with Gasteiger partial charge in [0.1, 0.15) is 6.61 Å². The molecule has 2 N–H and O–H groups in total.